The Bertz CT molecular complexity index is 412. The molecule has 0 fully saturated rings. The van der Waals surface area contributed by atoms with Crippen molar-refractivity contribution in [2.45, 2.75) is 44.6 Å². The summed E-state index contributed by atoms with van der Waals surface area (Å²) < 4.78 is 5.66. The minimum absolute atomic E-state index is 0.0994. The molecule has 0 amide bonds. The lowest BCUT2D eigenvalue weighted by molar-refractivity contribution is 0.210. The number of thioether (sulfide) groups is 1. The number of rotatable bonds is 6. The van der Waals surface area contributed by atoms with Crippen molar-refractivity contribution in [2.75, 3.05) is 5.75 Å². The van der Waals surface area contributed by atoms with Crippen molar-refractivity contribution in [3.05, 3.63) is 23.0 Å². The second kappa shape index (κ2) is 7.97. The zero-order valence-electron chi connectivity index (χ0n) is 10.9. The summed E-state index contributed by atoms with van der Waals surface area (Å²) in [6.45, 7) is 6.20. The molecule has 0 aromatic carbocycles. The van der Waals surface area contributed by atoms with E-state index < -0.39 is 0 Å². The molecule has 2 nitrogen and oxygen atoms in total. The van der Waals surface area contributed by atoms with Crippen molar-refractivity contribution < 1.29 is 4.74 Å². The van der Waals surface area contributed by atoms with E-state index in [-0.39, 0.29) is 6.10 Å². The summed E-state index contributed by atoms with van der Waals surface area (Å²) in [5.41, 5.74) is 0.691. The lowest BCUT2D eigenvalue weighted by atomic mass is 10.3. The van der Waals surface area contributed by atoms with Gasteiger partial charge in [0.1, 0.15) is 10.8 Å². The highest BCUT2D eigenvalue weighted by Crippen LogP contribution is 2.25. The first-order valence-electron chi connectivity index (χ1n) is 6.08. The summed E-state index contributed by atoms with van der Waals surface area (Å²) in [6, 6.07) is 3.74. The zero-order valence-corrected chi connectivity index (χ0v) is 13.3. The summed E-state index contributed by atoms with van der Waals surface area (Å²) in [5.74, 6) is 1.03. The Morgan fingerprint density at radius 1 is 1.50 bits per heavy atom. The van der Waals surface area contributed by atoms with Crippen molar-refractivity contribution >= 4 is 40.6 Å². The molecule has 0 saturated heterocycles. The Morgan fingerprint density at radius 2 is 2.22 bits per heavy atom. The van der Waals surface area contributed by atoms with E-state index in [4.69, 9.17) is 28.6 Å². The Balaban J connectivity index is 2.90. The van der Waals surface area contributed by atoms with E-state index in [9.17, 15) is 0 Å². The van der Waals surface area contributed by atoms with Crippen LogP contribution in [0.4, 0.5) is 0 Å². The van der Waals surface area contributed by atoms with Crippen LogP contribution in [-0.2, 0) is 4.74 Å². The SMILES string of the molecule is CCCSc1ccc(Cl)nc1C(=S)OC(C)CC. The van der Waals surface area contributed by atoms with Crippen LogP contribution in [0, 0.1) is 0 Å². The van der Waals surface area contributed by atoms with Gasteiger partial charge in [0.2, 0.25) is 5.05 Å². The highest BCUT2D eigenvalue weighted by Gasteiger charge is 2.14. The largest absolute Gasteiger partial charge is 0.479 e. The predicted octanol–water partition coefficient (Wildman–Crippen LogP) is 4.73. The molecule has 1 unspecified atom stereocenters. The van der Waals surface area contributed by atoms with Crippen LogP contribution in [0.1, 0.15) is 39.3 Å². The maximum absolute atomic E-state index is 5.93. The molecule has 1 atom stereocenters. The van der Waals surface area contributed by atoms with Gasteiger partial charge < -0.3 is 4.74 Å². The van der Waals surface area contributed by atoms with Crippen molar-refractivity contribution in [1.82, 2.24) is 4.98 Å². The zero-order chi connectivity index (χ0) is 13.5. The lowest BCUT2D eigenvalue weighted by Crippen LogP contribution is -2.15. The third kappa shape index (κ3) is 4.75. The first-order chi connectivity index (χ1) is 8.58. The van der Waals surface area contributed by atoms with Crippen LogP contribution in [0.3, 0.4) is 0 Å². The van der Waals surface area contributed by atoms with Gasteiger partial charge in [-0.1, -0.05) is 25.4 Å². The fourth-order valence-electron chi connectivity index (χ4n) is 1.22. The van der Waals surface area contributed by atoms with Gasteiger partial charge in [-0.3, -0.25) is 0 Å². The van der Waals surface area contributed by atoms with Crippen LogP contribution in [0.2, 0.25) is 5.15 Å². The van der Waals surface area contributed by atoms with Crippen LogP contribution in [0.25, 0.3) is 0 Å². The van der Waals surface area contributed by atoms with E-state index in [1.807, 2.05) is 13.0 Å². The fourth-order valence-corrected chi connectivity index (χ4v) is 2.61. The average molecular weight is 304 g/mol. The van der Waals surface area contributed by atoms with Crippen LogP contribution < -0.4 is 0 Å². The Morgan fingerprint density at radius 3 is 2.83 bits per heavy atom. The molecule has 0 aliphatic carbocycles. The number of thiocarbonyl (C=S) groups is 1. The second-order valence-electron chi connectivity index (χ2n) is 3.95. The van der Waals surface area contributed by atoms with Gasteiger partial charge in [-0.05, 0) is 49.9 Å². The van der Waals surface area contributed by atoms with Gasteiger partial charge in [-0.2, -0.15) is 0 Å². The normalized spacial score (nSPS) is 12.2. The summed E-state index contributed by atoms with van der Waals surface area (Å²) in [7, 11) is 0. The number of hydrogen-bond donors (Lipinski definition) is 0. The maximum Gasteiger partial charge on any atom is 0.211 e. The Labute approximate surface area is 123 Å². The standard InChI is InChI=1S/C13H18ClNOS2/c1-4-8-18-10-6-7-11(14)15-12(10)13(17)16-9(3)5-2/h6-7,9H,4-5,8H2,1-3H3. The van der Waals surface area contributed by atoms with E-state index in [0.717, 1.165) is 23.5 Å². The van der Waals surface area contributed by atoms with Crippen molar-refractivity contribution in [1.29, 1.82) is 0 Å². The summed E-state index contributed by atoms with van der Waals surface area (Å²) >= 11 is 13.0. The minimum Gasteiger partial charge on any atom is -0.479 e. The van der Waals surface area contributed by atoms with E-state index >= 15 is 0 Å². The molecular formula is C13H18ClNOS2. The summed E-state index contributed by atoms with van der Waals surface area (Å²) in [4.78, 5) is 5.33. The molecule has 0 aliphatic heterocycles. The number of aromatic nitrogens is 1. The second-order valence-corrected chi connectivity index (χ2v) is 5.85. The van der Waals surface area contributed by atoms with Crippen molar-refractivity contribution in [2.24, 2.45) is 0 Å². The van der Waals surface area contributed by atoms with Crippen LogP contribution in [-0.4, -0.2) is 21.9 Å². The number of pyridine rings is 1. The quantitative estimate of drug-likeness (QED) is 0.430. The first kappa shape index (κ1) is 15.7. The van der Waals surface area contributed by atoms with E-state index in [1.54, 1.807) is 17.8 Å². The third-order valence-electron chi connectivity index (χ3n) is 2.36. The van der Waals surface area contributed by atoms with Crippen LogP contribution in [0.5, 0.6) is 0 Å². The number of ether oxygens (including phenoxy) is 1. The minimum atomic E-state index is 0.0994. The third-order valence-corrected chi connectivity index (χ3v) is 4.12. The molecule has 0 aliphatic rings. The van der Waals surface area contributed by atoms with Gasteiger partial charge >= 0.3 is 0 Å². The van der Waals surface area contributed by atoms with Gasteiger partial charge in [0.25, 0.3) is 0 Å². The molecule has 1 aromatic heterocycles. The fraction of sp³-hybridized carbons (Fsp3) is 0.538. The van der Waals surface area contributed by atoms with E-state index in [2.05, 4.69) is 18.8 Å². The lowest BCUT2D eigenvalue weighted by Gasteiger charge is -2.15. The predicted molar refractivity (Wildman–Crippen MR) is 82.8 cm³/mol. The average Bonchev–Trinajstić information content (AvgIpc) is 2.36. The first-order valence-corrected chi connectivity index (χ1v) is 7.86. The number of hydrogen-bond acceptors (Lipinski definition) is 4. The maximum atomic E-state index is 5.93. The summed E-state index contributed by atoms with van der Waals surface area (Å²) in [6.07, 6.45) is 2.12. The molecule has 18 heavy (non-hydrogen) atoms. The molecule has 5 heteroatoms. The molecule has 1 heterocycles. The van der Waals surface area contributed by atoms with Crippen LogP contribution in [0.15, 0.2) is 17.0 Å². The molecule has 1 rings (SSSR count). The van der Waals surface area contributed by atoms with Crippen molar-refractivity contribution in [3.8, 4) is 0 Å². The van der Waals surface area contributed by atoms with E-state index in [0.29, 0.717) is 15.9 Å². The smallest absolute Gasteiger partial charge is 0.211 e. The van der Waals surface area contributed by atoms with Gasteiger partial charge in [0.15, 0.2) is 0 Å². The monoisotopic (exact) mass is 303 g/mol. The van der Waals surface area contributed by atoms with Gasteiger partial charge in [0.05, 0.1) is 6.10 Å². The van der Waals surface area contributed by atoms with Gasteiger partial charge in [-0.15, -0.1) is 11.8 Å². The highest BCUT2D eigenvalue weighted by molar-refractivity contribution is 7.99. The number of halogens is 1. The van der Waals surface area contributed by atoms with Crippen LogP contribution >= 0.6 is 35.6 Å². The Kier molecular flexibility index (Phi) is 6.97. The molecule has 0 saturated carbocycles. The summed E-state index contributed by atoms with van der Waals surface area (Å²) in [5, 5.41) is 0.881. The molecule has 100 valence electrons. The Hall–Kier alpha value is -0.320. The highest BCUT2D eigenvalue weighted by atomic mass is 35.5. The molecule has 0 N–H and O–H groups in total. The van der Waals surface area contributed by atoms with Gasteiger partial charge in [-0.25, -0.2) is 4.98 Å². The van der Waals surface area contributed by atoms with Crippen molar-refractivity contribution in [3.63, 3.8) is 0 Å². The molecule has 0 bridgehead atoms. The van der Waals surface area contributed by atoms with Gasteiger partial charge in [0, 0.05) is 4.90 Å². The molecule has 1 aromatic rings. The molecule has 0 radical (unpaired) electrons. The molecular weight excluding hydrogens is 286 g/mol. The molecule has 0 spiro atoms. The number of nitrogens with zero attached hydrogens (tertiary/aromatic N) is 1. The topological polar surface area (TPSA) is 22.1 Å². The van der Waals surface area contributed by atoms with E-state index in [1.165, 1.54) is 0 Å².